The van der Waals surface area contributed by atoms with Crippen LogP contribution in [-0.4, -0.2) is 23.0 Å². The molecule has 1 N–H and O–H groups in total. The van der Waals surface area contributed by atoms with Gasteiger partial charge in [-0.05, 0) is 84.0 Å². The van der Waals surface area contributed by atoms with E-state index in [0.717, 1.165) is 6.29 Å². The van der Waals surface area contributed by atoms with E-state index >= 15 is 0 Å². The lowest BCUT2D eigenvalue weighted by Crippen LogP contribution is -2.06. The van der Waals surface area contributed by atoms with Crippen LogP contribution in [0.15, 0.2) is 104 Å². The highest BCUT2D eigenvalue weighted by Gasteiger charge is 2.08. The SMILES string of the molecule is C/C=C/c1oc2ccccc2c(=O)c1C.CC.CC.CC(C)=O.CC=O.CCC(=O)c1ccccc1O.Cc1coc2ccccc2c1=O. The second-order valence-corrected chi connectivity index (χ2v) is 9.60. The highest BCUT2D eigenvalue weighted by molar-refractivity contribution is 5.98. The lowest BCUT2D eigenvalue weighted by Gasteiger charge is -2.02. The van der Waals surface area contributed by atoms with Crippen LogP contribution in [0.1, 0.15) is 96.0 Å². The number of hydrogen-bond donors (Lipinski definition) is 1. The Bertz CT molecular complexity index is 1860. The van der Waals surface area contributed by atoms with Gasteiger partial charge in [0.15, 0.2) is 16.6 Å². The molecule has 0 spiro atoms. The van der Waals surface area contributed by atoms with Gasteiger partial charge < -0.3 is 23.5 Å². The zero-order valence-corrected chi connectivity index (χ0v) is 30.7. The van der Waals surface area contributed by atoms with E-state index in [4.69, 9.17) is 13.6 Å². The number of carbonyl (C=O) groups is 3. The third-order valence-corrected chi connectivity index (χ3v) is 5.76. The molecule has 0 aliphatic heterocycles. The van der Waals surface area contributed by atoms with Gasteiger partial charge in [-0.15, -0.1) is 0 Å². The lowest BCUT2D eigenvalue weighted by atomic mass is 10.1. The number of aldehydes is 1. The molecule has 0 fully saturated rings. The number of phenols is 1. The van der Waals surface area contributed by atoms with Gasteiger partial charge in [0, 0.05) is 17.5 Å². The lowest BCUT2D eigenvalue weighted by molar-refractivity contribution is -0.115. The molecule has 0 aliphatic rings. The molecule has 0 radical (unpaired) electrons. The molecule has 264 valence electrons. The van der Waals surface area contributed by atoms with E-state index in [1.54, 1.807) is 57.2 Å². The van der Waals surface area contributed by atoms with Crippen molar-refractivity contribution >= 4 is 45.9 Å². The molecular weight excluding hydrogens is 620 g/mol. The topological polar surface area (TPSA) is 132 Å². The summed E-state index contributed by atoms with van der Waals surface area (Å²) in [7, 11) is 0. The first-order chi connectivity index (χ1) is 23.4. The van der Waals surface area contributed by atoms with Crippen molar-refractivity contribution < 1.29 is 28.3 Å². The van der Waals surface area contributed by atoms with Gasteiger partial charge in [0.05, 0.1) is 22.6 Å². The van der Waals surface area contributed by atoms with Crippen molar-refractivity contribution in [3.63, 3.8) is 0 Å². The summed E-state index contributed by atoms with van der Waals surface area (Å²) >= 11 is 0. The van der Waals surface area contributed by atoms with E-state index in [-0.39, 0.29) is 28.2 Å². The maximum atomic E-state index is 11.9. The predicted octanol–water partition coefficient (Wildman–Crippen LogP) is 10.1. The van der Waals surface area contributed by atoms with E-state index in [2.05, 4.69) is 0 Å². The largest absolute Gasteiger partial charge is 0.507 e. The molecule has 2 heterocycles. The summed E-state index contributed by atoms with van der Waals surface area (Å²) in [6, 6.07) is 21.1. The van der Waals surface area contributed by atoms with Crippen LogP contribution < -0.4 is 10.9 Å². The molecule has 0 amide bonds. The Kier molecular flexibility index (Phi) is 24.9. The fourth-order valence-corrected chi connectivity index (χ4v) is 3.64. The number of carbonyl (C=O) groups excluding carboxylic acids is 3. The Balaban J connectivity index is 0. The van der Waals surface area contributed by atoms with Crippen LogP contribution in [-0.2, 0) is 9.59 Å². The zero-order valence-electron chi connectivity index (χ0n) is 30.7. The molecule has 49 heavy (non-hydrogen) atoms. The number of benzene rings is 3. The van der Waals surface area contributed by atoms with Crippen LogP contribution in [0.4, 0.5) is 0 Å². The second kappa shape index (κ2) is 26.7. The number of aryl methyl sites for hydroxylation is 1. The van der Waals surface area contributed by atoms with E-state index < -0.39 is 0 Å². The van der Waals surface area contributed by atoms with Crippen molar-refractivity contribution in [1.29, 1.82) is 0 Å². The van der Waals surface area contributed by atoms with Crippen molar-refractivity contribution in [1.82, 2.24) is 0 Å². The summed E-state index contributed by atoms with van der Waals surface area (Å²) in [4.78, 5) is 52.7. The highest BCUT2D eigenvalue weighted by atomic mass is 16.3. The minimum absolute atomic E-state index is 0.0249. The number of phenolic OH excluding ortho intramolecular Hbond substituents is 1. The summed E-state index contributed by atoms with van der Waals surface area (Å²) in [5.41, 5.74) is 3.10. The van der Waals surface area contributed by atoms with Crippen molar-refractivity contribution in [2.75, 3.05) is 0 Å². The standard InChI is InChI=1S/C13H12O2.C10H8O2.C9H10O2.C3H6O.C2H4O.2C2H6/c1-3-6-11-9(2)13(14)10-7-4-5-8-12(10)15-11;1-7-6-12-9-5-3-2-4-8(9)10(7)11;1-2-8(10)7-5-3-4-6-9(7)11;1-3(2)4;1-2-3;2*1-2/h3-8H,1-2H3;2-6H,1H3;3-6,11H,2H2,1H3;1-2H3;2H,1H3;2*1-2H3/b6-3+;;;;;;. The minimum atomic E-state index is -0.0249. The predicted molar refractivity (Wildman–Crippen MR) is 203 cm³/mol. The number of fused-ring (bicyclic) bond motifs is 2. The first kappa shape index (κ1) is 45.8. The summed E-state index contributed by atoms with van der Waals surface area (Å²) in [6.45, 7) is 19.7. The molecule has 2 aromatic heterocycles. The minimum Gasteiger partial charge on any atom is -0.507 e. The molecule has 8 nitrogen and oxygen atoms in total. The Hall–Kier alpha value is -5.37. The summed E-state index contributed by atoms with van der Waals surface area (Å²) in [5, 5.41) is 10.5. The van der Waals surface area contributed by atoms with Gasteiger partial charge in [0.1, 0.15) is 34.7 Å². The van der Waals surface area contributed by atoms with Crippen molar-refractivity contribution in [3.8, 4) is 5.75 Å². The molecule has 0 saturated carbocycles. The van der Waals surface area contributed by atoms with Crippen LogP contribution in [0.2, 0.25) is 0 Å². The zero-order chi connectivity index (χ0) is 37.9. The highest BCUT2D eigenvalue weighted by Crippen LogP contribution is 2.17. The van der Waals surface area contributed by atoms with E-state index in [1.165, 1.54) is 33.1 Å². The number of allylic oxidation sites excluding steroid dienone is 1. The maximum absolute atomic E-state index is 11.9. The van der Waals surface area contributed by atoms with Crippen molar-refractivity contribution in [3.05, 3.63) is 128 Å². The normalized spacial score (nSPS) is 9.20. The van der Waals surface area contributed by atoms with Crippen LogP contribution in [0.5, 0.6) is 5.75 Å². The fraction of sp³-hybridized carbons (Fsp3) is 0.293. The number of para-hydroxylation sites is 3. The molecular formula is C41H52O8. The van der Waals surface area contributed by atoms with Gasteiger partial charge in [0.25, 0.3) is 0 Å². The van der Waals surface area contributed by atoms with Gasteiger partial charge in [-0.2, -0.15) is 0 Å². The van der Waals surface area contributed by atoms with E-state index in [0.29, 0.717) is 50.8 Å². The van der Waals surface area contributed by atoms with Crippen LogP contribution in [0, 0.1) is 13.8 Å². The van der Waals surface area contributed by atoms with Gasteiger partial charge in [-0.25, -0.2) is 0 Å². The molecule has 0 saturated heterocycles. The molecule has 0 unspecified atom stereocenters. The quantitative estimate of drug-likeness (QED) is 0.148. The van der Waals surface area contributed by atoms with Crippen LogP contribution in [0.25, 0.3) is 28.0 Å². The van der Waals surface area contributed by atoms with Gasteiger partial charge >= 0.3 is 0 Å². The van der Waals surface area contributed by atoms with Crippen molar-refractivity contribution in [2.24, 2.45) is 0 Å². The fourth-order valence-electron chi connectivity index (χ4n) is 3.64. The monoisotopic (exact) mass is 672 g/mol. The average Bonchev–Trinajstić information content (AvgIpc) is 3.11. The Morgan fingerprint density at radius 2 is 1.20 bits per heavy atom. The third kappa shape index (κ3) is 16.3. The van der Waals surface area contributed by atoms with Gasteiger partial charge in [-0.3, -0.25) is 14.4 Å². The third-order valence-electron chi connectivity index (χ3n) is 5.76. The molecule has 0 aliphatic carbocycles. The van der Waals surface area contributed by atoms with E-state index in [9.17, 15) is 24.3 Å². The molecule has 0 atom stereocenters. The smallest absolute Gasteiger partial charge is 0.196 e. The van der Waals surface area contributed by atoms with Crippen LogP contribution in [0.3, 0.4) is 0 Å². The number of aromatic hydroxyl groups is 1. The van der Waals surface area contributed by atoms with Crippen molar-refractivity contribution in [2.45, 2.75) is 82.6 Å². The Morgan fingerprint density at radius 3 is 1.69 bits per heavy atom. The number of ketones is 2. The first-order valence-corrected chi connectivity index (χ1v) is 16.2. The van der Waals surface area contributed by atoms with Crippen LogP contribution >= 0.6 is 0 Å². The van der Waals surface area contributed by atoms with E-state index in [1.807, 2.05) is 77.1 Å². The van der Waals surface area contributed by atoms with Gasteiger partial charge in [0.2, 0.25) is 0 Å². The molecule has 8 heteroatoms. The molecule has 0 bridgehead atoms. The summed E-state index contributed by atoms with van der Waals surface area (Å²) < 4.78 is 10.9. The Morgan fingerprint density at radius 1 is 0.755 bits per heavy atom. The number of hydrogen-bond acceptors (Lipinski definition) is 8. The number of rotatable bonds is 3. The van der Waals surface area contributed by atoms with Gasteiger partial charge in [-0.1, -0.05) is 77.1 Å². The Labute approximate surface area is 290 Å². The first-order valence-electron chi connectivity index (χ1n) is 16.2. The second-order valence-electron chi connectivity index (χ2n) is 9.60. The summed E-state index contributed by atoms with van der Waals surface area (Å²) in [5.74, 6) is 0.851. The number of Topliss-reactive ketones (excluding diaryl/α,β-unsaturated/α-hetero) is 2. The maximum Gasteiger partial charge on any atom is 0.196 e. The average molecular weight is 673 g/mol. The molecule has 5 rings (SSSR count). The molecule has 5 aromatic rings. The summed E-state index contributed by atoms with van der Waals surface area (Å²) in [6.07, 6.45) is 6.34. The molecule has 3 aromatic carbocycles.